The normalized spacial score (nSPS) is 18.2. The smallest absolute Gasteiger partial charge is 0.249 e. The van der Waals surface area contributed by atoms with Crippen molar-refractivity contribution in [2.24, 2.45) is 0 Å². The van der Waals surface area contributed by atoms with Crippen LogP contribution in [-0.2, 0) is 11.3 Å². The Balaban J connectivity index is 1.84. The molecule has 0 radical (unpaired) electrons. The van der Waals surface area contributed by atoms with Gasteiger partial charge in [0.25, 0.3) is 0 Å². The fraction of sp³-hybridized carbons (Fsp3) is 0.500. The van der Waals surface area contributed by atoms with E-state index < -0.39 is 0 Å². The molecule has 1 amide bonds. The Kier molecular flexibility index (Phi) is 4.20. The minimum absolute atomic E-state index is 0.108. The van der Waals surface area contributed by atoms with Crippen molar-refractivity contribution < 1.29 is 9.32 Å². The second kappa shape index (κ2) is 6.14. The highest BCUT2D eigenvalue weighted by Crippen LogP contribution is 2.34. The molecular weight excluding hydrogens is 290 g/mol. The quantitative estimate of drug-likeness (QED) is 0.864. The van der Waals surface area contributed by atoms with Crippen molar-refractivity contribution in [3.05, 3.63) is 46.6 Å². The number of hydrogen-bond donors (Lipinski definition) is 0. The van der Waals surface area contributed by atoms with E-state index in [1.807, 2.05) is 18.7 Å². The summed E-state index contributed by atoms with van der Waals surface area (Å²) in [6.07, 6.45) is 1.28. The molecule has 122 valence electrons. The molecular formula is C18H23N3O2. The van der Waals surface area contributed by atoms with Crippen molar-refractivity contribution >= 4 is 5.91 Å². The van der Waals surface area contributed by atoms with Gasteiger partial charge in [0.15, 0.2) is 5.82 Å². The van der Waals surface area contributed by atoms with Gasteiger partial charge in [-0.05, 0) is 31.4 Å². The first-order chi connectivity index (χ1) is 11.0. The van der Waals surface area contributed by atoms with E-state index in [1.54, 1.807) is 0 Å². The van der Waals surface area contributed by atoms with Crippen LogP contribution in [0.4, 0.5) is 0 Å². The van der Waals surface area contributed by atoms with E-state index in [0.29, 0.717) is 24.7 Å². The molecule has 0 bridgehead atoms. The zero-order chi connectivity index (χ0) is 16.6. The van der Waals surface area contributed by atoms with Gasteiger partial charge >= 0.3 is 0 Å². The fourth-order valence-electron chi connectivity index (χ4n) is 3.01. The predicted molar refractivity (Wildman–Crippen MR) is 86.8 cm³/mol. The van der Waals surface area contributed by atoms with Crippen LogP contribution in [0.25, 0.3) is 0 Å². The van der Waals surface area contributed by atoms with Crippen LogP contribution in [0.3, 0.4) is 0 Å². The van der Waals surface area contributed by atoms with E-state index in [2.05, 4.69) is 42.2 Å². The molecule has 5 nitrogen and oxygen atoms in total. The molecule has 1 unspecified atom stereocenters. The lowest BCUT2D eigenvalue weighted by molar-refractivity contribution is -0.130. The summed E-state index contributed by atoms with van der Waals surface area (Å²) < 4.78 is 5.42. The monoisotopic (exact) mass is 313 g/mol. The van der Waals surface area contributed by atoms with Gasteiger partial charge < -0.3 is 9.42 Å². The average Bonchev–Trinajstić information content (AvgIpc) is 3.09. The number of hydrogen-bond acceptors (Lipinski definition) is 4. The van der Waals surface area contributed by atoms with Crippen molar-refractivity contribution in [3.63, 3.8) is 0 Å². The van der Waals surface area contributed by atoms with E-state index in [1.165, 1.54) is 16.7 Å². The number of carbonyl (C=O) groups excluding carboxylic acids is 1. The number of amides is 1. The third-order valence-electron chi connectivity index (χ3n) is 4.43. The molecule has 1 saturated heterocycles. The SMILES string of the molecule is Cc1ccc(CN2C(=O)CCC2c2nc(C(C)C)no2)c(C)c1. The second-order valence-electron chi connectivity index (χ2n) is 6.65. The molecule has 0 saturated carbocycles. The molecule has 0 aliphatic carbocycles. The van der Waals surface area contributed by atoms with Gasteiger partial charge in [-0.15, -0.1) is 0 Å². The maximum absolute atomic E-state index is 12.3. The first-order valence-corrected chi connectivity index (χ1v) is 8.15. The minimum Gasteiger partial charge on any atom is -0.337 e. The summed E-state index contributed by atoms with van der Waals surface area (Å²) in [5.74, 6) is 1.63. The molecule has 2 heterocycles. The van der Waals surface area contributed by atoms with Crippen molar-refractivity contribution in [1.29, 1.82) is 0 Å². The molecule has 1 fully saturated rings. The lowest BCUT2D eigenvalue weighted by Gasteiger charge is -2.23. The van der Waals surface area contributed by atoms with Gasteiger partial charge in [0.1, 0.15) is 6.04 Å². The molecule has 1 aliphatic heterocycles. The summed E-state index contributed by atoms with van der Waals surface area (Å²) in [5, 5.41) is 4.03. The molecule has 0 N–H and O–H groups in total. The standard InChI is InChI=1S/C18H23N3O2/c1-11(2)17-19-18(23-20-17)15-7-8-16(22)21(15)10-14-6-5-12(3)9-13(14)4/h5-6,9,11,15H,7-8,10H2,1-4H3. The first-order valence-electron chi connectivity index (χ1n) is 8.15. The van der Waals surface area contributed by atoms with Gasteiger partial charge in [0.05, 0.1) is 0 Å². The van der Waals surface area contributed by atoms with Crippen molar-refractivity contribution in [2.75, 3.05) is 0 Å². The average molecular weight is 313 g/mol. The molecule has 23 heavy (non-hydrogen) atoms. The molecule has 2 aromatic rings. The number of nitrogens with zero attached hydrogens (tertiary/aromatic N) is 3. The van der Waals surface area contributed by atoms with Crippen molar-refractivity contribution in [2.45, 2.75) is 59.0 Å². The third-order valence-corrected chi connectivity index (χ3v) is 4.43. The van der Waals surface area contributed by atoms with Gasteiger partial charge in [0, 0.05) is 18.9 Å². The predicted octanol–water partition coefficient (Wildman–Crippen LogP) is 3.67. The lowest BCUT2D eigenvalue weighted by atomic mass is 10.0. The summed E-state index contributed by atoms with van der Waals surface area (Å²) in [6, 6.07) is 6.22. The van der Waals surface area contributed by atoms with E-state index in [0.717, 1.165) is 6.42 Å². The van der Waals surface area contributed by atoms with Crippen LogP contribution in [0.5, 0.6) is 0 Å². The van der Waals surface area contributed by atoms with Gasteiger partial charge in [-0.25, -0.2) is 0 Å². The van der Waals surface area contributed by atoms with Crippen LogP contribution >= 0.6 is 0 Å². The highest BCUT2D eigenvalue weighted by Gasteiger charge is 2.36. The maximum Gasteiger partial charge on any atom is 0.249 e. The molecule has 5 heteroatoms. The van der Waals surface area contributed by atoms with Crippen LogP contribution in [0.1, 0.15) is 67.1 Å². The second-order valence-corrected chi connectivity index (χ2v) is 6.65. The number of carbonyl (C=O) groups is 1. The molecule has 1 aliphatic rings. The Morgan fingerprint density at radius 2 is 2.13 bits per heavy atom. The summed E-state index contributed by atoms with van der Waals surface area (Å²) in [5.41, 5.74) is 3.60. The van der Waals surface area contributed by atoms with Crippen LogP contribution in [0, 0.1) is 13.8 Å². The highest BCUT2D eigenvalue weighted by molar-refractivity contribution is 5.78. The van der Waals surface area contributed by atoms with Gasteiger partial charge in [-0.3, -0.25) is 4.79 Å². The van der Waals surface area contributed by atoms with Crippen LogP contribution < -0.4 is 0 Å². The number of aryl methyl sites for hydroxylation is 2. The Labute approximate surface area is 136 Å². The largest absolute Gasteiger partial charge is 0.337 e. The molecule has 1 atom stereocenters. The Hall–Kier alpha value is -2.17. The van der Waals surface area contributed by atoms with Crippen molar-refractivity contribution in [3.8, 4) is 0 Å². The van der Waals surface area contributed by atoms with E-state index >= 15 is 0 Å². The number of likely N-dealkylation sites (tertiary alicyclic amines) is 1. The fourth-order valence-corrected chi connectivity index (χ4v) is 3.01. The van der Waals surface area contributed by atoms with Crippen molar-refractivity contribution in [1.82, 2.24) is 15.0 Å². The summed E-state index contributed by atoms with van der Waals surface area (Å²) in [6.45, 7) is 8.81. The van der Waals surface area contributed by atoms with Crippen LogP contribution in [0.2, 0.25) is 0 Å². The summed E-state index contributed by atoms with van der Waals surface area (Å²) in [7, 11) is 0. The molecule has 3 rings (SSSR count). The van der Waals surface area contributed by atoms with Crippen LogP contribution in [0.15, 0.2) is 22.7 Å². The van der Waals surface area contributed by atoms with Gasteiger partial charge in [-0.1, -0.05) is 42.8 Å². The number of aromatic nitrogens is 2. The summed E-state index contributed by atoms with van der Waals surface area (Å²) in [4.78, 5) is 18.7. The Bertz CT molecular complexity index is 721. The van der Waals surface area contributed by atoms with E-state index in [4.69, 9.17) is 4.52 Å². The third kappa shape index (κ3) is 3.14. The van der Waals surface area contributed by atoms with Gasteiger partial charge in [-0.2, -0.15) is 4.98 Å². The van der Waals surface area contributed by atoms with E-state index in [-0.39, 0.29) is 17.9 Å². The Morgan fingerprint density at radius 3 is 2.78 bits per heavy atom. The summed E-state index contributed by atoms with van der Waals surface area (Å²) >= 11 is 0. The molecule has 0 spiro atoms. The van der Waals surface area contributed by atoms with E-state index in [9.17, 15) is 4.79 Å². The number of rotatable bonds is 4. The first kappa shape index (κ1) is 15.7. The number of benzene rings is 1. The zero-order valence-electron chi connectivity index (χ0n) is 14.2. The Morgan fingerprint density at radius 1 is 1.35 bits per heavy atom. The molecule has 1 aromatic heterocycles. The molecule has 1 aromatic carbocycles. The minimum atomic E-state index is -0.108. The lowest BCUT2D eigenvalue weighted by Crippen LogP contribution is -2.27. The van der Waals surface area contributed by atoms with Gasteiger partial charge in [0.2, 0.25) is 11.8 Å². The van der Waals surface area contributed by atoms with Crippen LogP contribution in [-0.4, -0.2) is 20.9 Å². The zero-order valence-corrected chi connectivity index (χ0v) is 14.2. The topological polar surface area (TPSA) is 59.2 Å². The maximum atomic E-state index is 12.3. The highest BCUT2D eigenvalue weighted by atomic mass is 16.5.